The first-order chi connectivity index (χ1) is 21.6. The molecule has 1 aliphatic rings. The van der Waals surface area contributed by atoms with E-state index in [1.165, 1.54) is 29.0 Å². The Morgan fingerprint density at radius 3 is 2.17 bits per heavy atom. The summed E-state index contributed by atoms with van der Waals surface area (Å²) in [5, 5.41) is 10.5. The molecular weight excluding hydrogens is 593 g/mol. The van der Waals surface area contributed by atoms with Gasteiger partial charge in [0.05, 0.1) is 25.7 Å². The van der Waals surface area contributed by atoms with Crippen molar-refractivity contribution in [3.05, 3.63) is 65.0 Å². The maximum absolute atomic E-state index is 14.0. The van der Waals surface area contributed by atoms with Crippen molar-refractivity contribution >= 4 is 23.7 Å². The Hall–Kier alpha value is -4.03. The fraction of sp³-hybridized carbons (Fsp3) is 0.529. The highest BCUT2D eigenvalue weighted by atomic mass is 19.1. The number of aromatic hydroxyl groups is 1. The zero-order valence-electron chi connectivity index (χ0n) is 27.8. The van der Waals surface area contributed by atoms with Gasteiger partial charge in [0.25, 0.3) is 0 Å². The van der Waals surface area contributed by atoms with Crippen molar-refractivity contribution in [2.75, 3.05) is 60.0 Å². The number of carbonyl (C=O) groups excluding carboxylic acids is 4. The number of piperazine rings is 1. The SMILES string of the molecule is CCOC(=O)CN1CCN(C(=O)[C@H](Cc2ccc(O)c(C(C)(C)C)c2)N(C)C(=O)CN(C)C(=O)[C@@H](N)Cc2ccc(F)cc2)CC1. The third-order valence-electron chi connectivity index (χ3n) is 8.22. The van der Waals surface area contributed by atoms with Crippen LogP contribution in [0.2, 0.25) is 0 Å². The number of rotatable bonds is 12. The summed E-state index contributed by atoms with van der Waals surface area (Å²) in [6.07, 6.45) is 0.364. The fourth-order valence-electron chi connectivity index (χ4n) is 5.46. The Morgan fingerprint density at radius 1 is 0.978 bits per heavy atom. The molecule has 12 heteroatoms. The molecule has 1 saturated heterocycles. The minimum Gasteiger partial charge on any atom is -0.508 e. The quantitative estimate of drug-likeness (QED) is 0.336. The third kappa shape index (κ3) is 9.98. The van der Waals surface area contributed by atoms with Crippen molar-refractivity contribution in [2.45, 2.75) is 58.0 Å². The number of esters is 1. The van der Waals surface area contributed by atoms with Crippen molar-refractivity contribution in [1.82, 2.24) is 19.6 Å². The van der Waals surface area contributed by atoms with E-state index in [2.05, 4.69) is 0 Å². The Kier molecular flexibility index (Phi) is 12.7. The largest absolute Gasteiger partial charge is 0.508 e. The Morgan fingerprint density at radius 2 is 1.59 bits per heavy atom. The van der Waals surface area contributed by atoms with E-state index in [1.807, 2.05) is 31.7 Å². The maximum atomic E-state index is 14.0. The summed E-state index contributed by atoms with van der Waals surface area (Å²) in [5.41, 5.74) is 7.97. The first kappa shape index (κ1) is 36.4. The normalized spacial score (nSPS) is 15.2. The van der Waals surface area contributed by atoms with E-state index >= 15 is 0 Å². The van der Waals surface area contributed by atoms with Gasteiger partial charge in [-0.15, -0.1) is 0 Å². The van der Waals surface area contributed by atoms with Gasteiger partial charge in [-0.25, -0.2) is 4.39 Å². The molecule has 1 fully saturated rings. The predicted octanol–water partition coefficient (Wildman–Crippen LogP) is 1.93. The van der Waals surface area contributed by atoms with Crippen molar-refractivity contribution < 1.29 is 33.4 Å². The zero-order valence-corrected chi connectivity index (χ0v) is 27.8. The summed E-state index contributed by atoms with van der Waals surface area (Å²) in [5.74, 6) is -1.71. The number of phenols is 1. The van der Waals surface area contributed by atoms with E-state index in [0.29, 0.717) is 38.3 Å². The van der Waals surface area contributed by atoms with E-state index in [0.717, 1.165) is 11.1 Å². The first-order valence-corrected chi connectivity index (χ1v) is 15.6. The van der Waals surface area contributed by atoms with Gasteiger partial charge >= 0.3 is 5.97 Å². The van der Waals surface area contributed by atoms with Crippen molar-refractivity contribution in [3.63, 3.8) is 0 Å². The molecule has 0 aliphatic carbocycles. The average Bonchev–Trinajstić information content (AvgIpc) is 3.00. The number of hydrogen-bond donors (Lipinski definition) is 2. The van der Waals surface area contributed by atoms with Crippen molar-refractivity contribution in [3.8, 4) is 5.75 Å². The number of amides is 3. The van der Waals surface area contributed by atoms with Gasteiger partial charge < -0.3 is 30.3 Å². The molecule has 46 heavy (non-hydrogen) atoms. The van der Waals surface area contributed by atoms with Crippen LogP contribution >= 0.6 is 0 Å². The molecule has 0 spiro atoms. The molecule has 0 aromatic heterocycles. The number of benzene rings is 2. The van der Waals surface area contributed by atoms with E-state index < -0.39 is 23.9 Å². The number of ether oxygens (including phenoxy) is 1. The molecule has 0 bridgehead atoms. The van der Waals surface area contributed by atoms with Crippen molar-refractivity contribution in [2.24, 2.45) is 5.73 Å². The summed E-state index contributed by atoms with van der Waals surface area (Å²) >= 11 is 0. The van der Waals surface area contributed by atoms with Crippen LogP contribution in [0.1, 0.15) is 44.4 Å². The van der Waals surface area contributed by atoms with Gasteiger partial charge in [-0.2, -0.15) is 0 Å². The number of likely N-dealkylation sites (N-methyl/N-ethyl adjacent to an activating group) is 2. The number of halogens is 1. The van der Waals surface area contributed by atoms with Gasteiger partial charge in [-0.3, -0.25) is 24.1 Å². The second kappa shape index (κ2) is 16.0. The van der Waals surface area contributed by atoms with Crippen LogP contribution in [0.5, 0.6) is 5.75 Å². The molecule has 0 saturated carbocycles. The van der Waals surface area contributed by atoms with Crippen LogP contribution in [-0.2, 0) is 42.2 Å². The zero-order chi connectivity index (χ0) is 34.2. The first-order valence-electron chi connectivity index (χ1n) is 15.6. The third-order valence-corrected chi connectivity index (χ3v) is 8.22. The Labute approximate surface area is 271 Å². The number of phenolic OH excluding ortho intramolecular Hbond substituents is 1. The second-order valence-corrected chi connectivity index (χ2v) is 12.9. The van der Waals surface area contributed by atoms with Gasteiger partial charge in [0, 0.05) is 46.7 Å². The highest BCUT2D eigenvalue weighted by molar-refractivity contribution is 5.91. The molecule has 3 rings (SSSR count). The van der Waals surface area contributed by atoms with Crippen LogP contribution in [0, 0.1) is 5.82 Å². The summed E-state index contributed by atoms with van der Waals surface area (Å²) in [6, 6.07) is 9.07. The van der Waals surface area contributed by atoms with Crippen LogP contribution in [0.3, 0.4) is 0 Å². The number of carbonyl (C=O) groups is 4. The maximum Gasteiger partial charge on any atom is 0.320 e. The lowest BCUT2D eigenvalue weighted by molar-refractivity contribution is -0.148. The molecule has 0 radical (unpaired) electrons. The molecule has 3 N–H and O–H groups in total. The predicted molar refractivity (Wildman–Crippen MR) is 172 cm³/mol. The van der Waals surface area contributed by atoms with Crippen LogP contribution in [0.25, 0.3) is 0 Å². The number of nitrogens with two attached hydrogens (primary N) is 1. The summed E-state index contributed by atoms with van der Waals surface area (Å²) in [6.45, 7) is 9.53. The lowest BCUT2D eigenvalue weighted by atomic mass is 9.84. The van der Waals surface area contributed by atoms with E-state index in [1.54, 1.807) is 43.1 Å². The van der Waals surface area contributed by atoms with E-state index in [-0.39, 0.29) is 54.8 Å². The van der Waals surface area contributed by atoms with Gasteiger partial charge in [0.15, 0.2) is 0 Å². The minimum absolute atomic E-state index is 0.143. The van der Waals surface area contributed by atoms with Crippen LogP contribution in [-0.4, -0.2) is 120 Å². The monoisotopic (exact) mass is 641 g/mol. The highest BCUT2D eigenvalue weighted by Gasteiger charge is 2.34. The summed E-state index contributed by atoms with van der Waals surface area (Å²) < 4.78 is 18.3. The smallest absolute Gasteiger partial charge is 0.320 e. The summed E-state index contributed by atoms with van der Waals surface area (Å²) in [4.78, 5) is 58.8. The molecule has 2 aromatic rings. The van der Waals surface area contributed by atoms with E-state index in [9.17, 15) is 28.7 Å². The Balaban J connectivity index is 1.76. The molecule has 1 aliphatic heterocycles. The standard InChI is InChI=1S/C34H48FN5O6/c1-7-46-31(43)22-39-14-16-40(17-15-39)33(45)28(20-24-10-13-29(41)26(18-24)34(2,3)4)38(6)30(42)21-37(5)32(44)27(36)19-23-8-11-25(35)12-9-23/h8-13,18,27-28,41H,7,14-17,19-22,36H2,1-6H3/t27-,28-/m0/s1. The number of hydrogen-bond acceptors (Lipinski definition) is 8. The lowest BCUT2D eigenvalue weighted by Crippen LogP contribution is -2.57. The molecule has 2 aromatic carbocycles. The average molecular weight is 642 g/mol. The molecule has 3 amide bonds. The molecule has 2 atom stereocenters. The molecular formula is C34H48FN5O6. The molecule has 11 nitrogen and oxygen atoms in total. The van der Waals surface area contributed by atoms with Gasteiger partial charge in [0.2, 0.25) is 17.7 Å². The van der Waals surface area contributed by atoms with Gasteiger partial charge in [0.1, 0.15) is 17.6 Å². The van der Waals surface area contributed by atoms with E-state index in [4.69, 9.17) is 10.5 Å². The minimum atomic E-state index is -0.940. The highest BCUT2D eigenvalue weighted by Crippen LogP contribution is 2.32. The fourth-order valence-corrected chi connectivity index (χ4v) is 5.46. The Bertz CT molecular complexity index is 1370. The molecule has 252 valence electrons. The van der Waals surface area contributed by atoms with Gasteiger partial charge in [-0.05, 0) is 53.6 Å². The number of nitrogens with zero attached hydrogens (tertiary/aromatic N) is 4. The van der Waals surface area contributed by atoms with Crippen LogP contribution < -0.4 is 5.73 Å². The lowest BCUT2D eigenvalue weighted by Gasteiger charge is -2.38. The van der Waals surface area contributed by atoms with Gasteiger partial charge in [-0.1, -0.05) is 45.0 Å². The van der Waals surface area contributed by atoms with Crippen LogP contribution in [0.15, 0.2) is 42.5 Å². The summed E-state index contributed by atoms with van der Waals surface area (Å²) in [7, 11) is 3.03. The van der Waals surface area contributed by atoms with Crippen molar-refractivity contribution in [1.29, 1.82) is 0 Å². The topological polar surface area (TPSA) is 137 Å². The second-order valence-electron chi connectivity index (χ2n) is 12.9. The molecule has 0 unspecified atom stereocenters. The van der Waals surface area contributed by atoms with Crippen LogP contribution in [0.4, 0.5) is 4.39 Å². The molecule has 1 heterocycles.